The van der Waals surface area contributed by atoms with Crippen molar-refractivity contribution < 1.29 is 19.1 Å². The highest BCUT2D eigenvalue weighted by Gasteiger charge is 2.40. The molecule has 1 N–H and O–H groups in total. The van der Waals surface area contributed by atoms with Gasteiger partial charge in [-0.05, 0) is 30.2 Å². The second kappa shape index (κ2) is 7.91. The molecule has 2 aromatic rings. The van der Waals surface area contributed by atoms with E-state index in [2.05, 4.69) is 15.3 Å². The van der Waals surface area contributed by atoms with E-state index in [1.54, 1.807) is 18.5 Å². The molecule has 0 aliphatic carbocycles. The smallest absolute Gasteiger partial charge is 0.321 e. The largest absolute Gasteiger partial charge is 0.424 e. The number of piperidine rings is 1. The van der Waals surface area contributed by atoms with Crippen molar-refractivity contribution in [2.45, 2.75) is 24.5 Å². The molecule has 0 saturated carbocycles. The molecule has 0 spiro atoms. The minimum absolute atomic E-state index is 0.0120. The lowest BCUT2D eigenvalue weighted by atomic mass is 9.91. The van der Waals surface area contributed by atoms with Gasteiger partial charge in [-0.3, -0.25) is 4.79 Å². The van der Waals surface area contributed by atoms with Gasteiger partial charge in [0.2, 0.25) is 5.91 Å². The Balaban J connectivity index is 1.13. The number of amides is 3. The fraction of sp³-hybridized carbons (Fsp3) is 0.429. The van der Waals surface area contributed by atoms with Crippen molar-refractivity contribution in [1.82, 2.24) is 25.1 Å². The lowest BCUT2D eigenvalue weighted by molar-refractivity contribution is -0.139. The van der Waals surface area contributed by atoms with Crippen molar-refractivity contribution in [3.8, 4) is 11.8 Å². The van der Waals surface area contributed by atoms with Crippen LogP contribution in [-0.2, 0) is 9.53 Å². The quantitative estimate of drug-likeness (QED) is 0.823. The van der Waals surface area contributed by atoms with Crippen LogP contribution in [0, 0.1) is 0 Å². The van der Waals surface area contributed by atoms with E-state index in [-0.39, 0.29) is 30.7 Å². The van der Waals surface area contributed by atoms with Gasteiger partial charge in [-0.1, -0.05) is 12.1 Å². The van der Waals surface area contributed by atoms with Gasteiger partial charge in [0.15, 0.2) is 0 Å². The highest BCUT2D eigenvalue weighted by atomic mass is 16.5. The Hall–Kier alpha value is -3.20. The number of rotatable bonds is 3. The fourth-order valence-corrected chi connectivity index (χ4v) is 4.17. The second-order valence-electron chi connectivity index (χ2n) is 7.85. The molecule has 3 aliphatic heterocycles. The summed E-state index contributed by atoms with van der Waals surface area (Å²) in [6.45, 7) is 2.66. The number of likely N-dealkylation sites (tertiary alicyclic amines) is 2. The summed E-state index contributed by atoms with van der Waals surface area (Å²) in [5.41, 5.74) is 1.17. The normalized spacial score (nSPS) is 23.9. The molecule has 3 fully saturated rings. The van der Waals surface area contributed by atoms with Gasteiger partial charge in [-0.25, -0.2) is 14.8 Å². The van der Waals surface area contributed by atoms with E-state index >= 15 is 0 Å². The second-order valence-corrected chi connectivity index (χ2v) is 7.85. The Morgan fingerprint density at radius 1 is 1.10 bits per heavy atom. The molecule has 5 rings (SSSR count). The van der Waals surface area contributed by atoms with Gasteiger partial charge >= 0.3 is 12.0 Å². The topological polar surface area (TPSA) is 96.9 Å². The highest BCUT2D eigenvalue weighted by molar-refractivity contribution is 5.79. The molecule has 3 saturated heterocycles. The van der Waals surface area contributed by atoms with Crippen LogP contribution in [0.2, 0.25) is 0 Å². The summed E-state index contributed by atoms with van der Waals surface area (Å²) in [5.74, 6) is 0.879. The lowest BCUT2D eigenvalue weighted by Crippen LogP contribution is -2.63. The molecule has 3 amide bonds. The number of carbonyl (C=O) groups is 2. The van der Waals surface area contributed by atoms with Crippen molar-refractivity contribution in [1.29, 1.82) is 0 Å². The predicted octanol–water partition coefficient (Wildman–Crippen LogP) is 1.38. The third-order valence-electron chi connectivity index (χ3n) is 5.85. The number of nitrogens with one attached hydrogen (secondary N) is 1. The Morgan fingerprint density at radius 3 is 2.63 bits per heavy atom. The first-order valence-corrected chi connectivity index (χ1v) is 10.2. The summed E-state index contributed by atoms with van der Waals surface area (Å²) < 4.78 is 11.2. The first-order valence-electron chi connectivity index (χ1n) is 10.2. The number of aromatic nitrogens is 2. The molecule has 156 valence electrons. The number of nitrogens with zero attached hydrogens (tertiary/aromatic N) is 4. The van der Waals surface area contributed by atoms with Crippen LogP contribution in [0.3, 0.4) is 0 Å². The molecule has 2 atom stereocenters. The molecule has 30 heavy (non-hydrogen) atoms. The Bertz CT molecular complexity index is 917. The Morgan fingerprint density at radius 2 is 1.87 bits per heavy atom. The van der Waals surface area contributed by atoms with E-state index in [0.717, 1.165) is 6.42 Å². The number of fused-ring (bicyclic) bond motifs is 1. The van der Waals surface area contributed by atoms with Crippen LogP contribution in [0.1, 0.15) is 17.9 Å². The van der Waals surface area contributed by atoms with E-state index in [4.69, 9.17) is 9.47 Å². The first-order chi connectivity index (χ1) is 14.7. The lowest BCUT2D eigenvalue weighted by Gasteiger charge is -2.46. The van der Waals surface area contributed by atoms with Crippen LogP contribution in [0.25, 0.3) is 0 Å². The molecule has 3 aliphatic rings. The molecule has 1 aromatic carbocycles. The number of hydrogen-bond acceptors (Lipinski definition) is 6. The molecule has 0 bridgehead atoms. The van der Waals surface area contributed by atoms with Crippen molar-refractivity contribution >= 4 is 11.9 Å². The molecular formula is C21H23N5O4. The van der Waals surface area contributed by atoms with Crippen LogP contribution in [-0.4, -0.2) is 76.6 Å². The third kappa shape index (κ3) is 3.80. The van der Waals surface area contributed by atoms with Gasteiger partial charge in [0.25, 0.3) is 0 Å². The zero-order chi connectivity index (χ0) is 20.5. The predicted molar refractivity (Wildman–Crippen MR) is 106 cm³/mol. The van der Waals surface area contributed by atoms with Crippen LogP contribution in [0.15, 0.2) is 42.7 Å². The fourth-order valence-electron chi connectivity index (χ4n) is 4.17. The molecular weight excluding hydrogens is 386 g/mol. The molecule has 9 nitrogen and oxygen atoms in total. The Kier molecular flexibility index (Phi) is 4.96. The van der Waals surface area contributed by atoms with E-state index in [0.29, 0.717) is 43.9 Å². The molecule has 1 aromatic heterocycles. The molecule has 4 heterocycles. The number of ether oxygens (including phenoxy) is 2. The van der Waals surface area contributed by atoms with Gasteiger partial charge in [0.1, 0.15) is 12.4 Å². The van der Waals surface area contributed by atoms with Gasteiger partial charge < -0.3 is 24.6 Å². The Labute approximate surface area is 174 Å². The van der Waals surface area contributed by atoms with Gasteiger partial charge in [-0.15, -0.1) is 0 Å². The van der Waals surface area contributed by atoms with E-state index in [9.17, 15) is 9.59 Å². The van der Waals surface area contributed by atoms with Gasteiger partial charge in [0, 0.05) is 44.5 Å². The summed E-state index contributed by atoms with van der Waals surface area (Å²) >= 11 is 0. The number of urea groups is 1. The summed E-state index contributed by atoms with van der Waals surface area (Å²) in [6, 6.07) is 9.80. The molecule has 9 heteroatoms. The average molecular weight is 409 g/mol. The van der Waals surface area contributed by atoms with Crippen LogP contribution >= 0.6 is 0 Å². The maximum atomic E-state index is 12.8. The molecule has 0 unspecified atom stereocenters. The monoisotopic (exact) mass is 409 g/mol. The average Bonchev–Trinajstić information content (AvgIpc) is 2.74. The van der Waals surface area contributed by atoms with Crippen molar-refractivity contribution in [2.24, 2.45) is 0 Å². The van der Waals surface area contributed by atoms with Crippen molar-refractivity contribution in [3.63, 3.8) is 0 Å². The standard InChI is InChI=1S/C21H23N5O4/c27-19-13-29-18-6-9-25(12-17(18)24-19)21(28)26-10-15(11-26)14-2-4-16(5-3-14)30-20-22-7-1-8-23-20/h1-5,7-8,15,17-18H,6,9-13H2,(H,24,27)/t17-,18+/m1/s1. The summed E-state index contributed by atoms with van der Waals surface area (Å²) in [6.07, 6.45) is 4.03. The number of morpholine rings is 1. The van der Waals surface area contributed by atoms with Crippen molar-refractivity contribution in [2.75, 3.05) is 32.8 Å². The zero-order valence-corrected chi connectivity index (χ0v) is 16.4. The number of hydrogen-bond donors (Lipinski definition) is 1. The summed E-state index contributed by atoms with van der Waals surface area (Å²) in [7, 11) is 0. The van der Waals surface area contributed by atoms with E-state index < -0.39 is 0 Å². The van der Waals surface area contributed by atoms with E-state index in [1.165, 1.54) is 5.56 Å². The van der Waals surface area contributed by atoms with E-state index in [1.807, 2.05) is 34.1 Å². The van der Waals surface area contributed by atoms with Crippen LogP contribution in [0.4, 0.5) is 4.79 Å². The van der Waals surface area contributed by atoms with Gasteiger partial charge in [-0.2, -0.15) is 0 Å². The minimum Gasteiger partial charge on any atom is -0.424 e. The number of carbonyl (C=O) groups excluding carboxylic acids is 2. The minimum atomic E-state index is -0.110. The number of benzene rings is 1. The van der Waals surface area contributed by atoms with Crippen molar-refractivity contribution in [3.05, 3.63) is 48.3 Å². The molecule has 0 radical (unpaired) electrons. The van der Waals surface area contributed by atoms with Crippen LogP contribution in [0.5, 0.6) is 11.8 Å². The van der Waals surface area contributed by atoms with Crippen LogP contribution < -0.4 is 10.1 Å². The highest BCUT2D eigenvalue weighted by Crippen LogP contribution is 2.30. The third-order valence-corrected chi connectivity index (χ3v) is 5.85. The summed E-state index contributed by atoms with van der Waals surface area (Å²) in [5, 5.41) is 2.94. The summed E-state index contributed by atoms with van der Waals surface area (Å²) in [4.78, 5) is 36.2. The van der Waals surface area contributed by atoms with Gasteiger partial charge in [0.05, 0.1) is 12.1 Å². The maximum absolute atomic E-state index is 12.8. The zero-order valence-electron chi connectivity index (χ0n) is 16.4. The first kappa shape index (κ1) is 18.8. The maximum Gasteiger partial charge on any atom is 0.321 e. The SMILES string of the molecule is O=C1CO[C@H]2CCN(C(=O)N3CC(c4ccc(Oc5ncccn5)cc4)C3)C[C@H]2N1.